The first kappa shape index (κ1) is 14.5. The number of nitrogens with zero attached hydrogens (tertiary/aromatic N) is 3. The monoisotopic (exact) mass is 284 g/mol. The molecule has 0 saturated heterocycles. The van der Waals surface area contributed by atoms with Crippen molar-refractivity contribution >= 4 is 23.3 Å². The van der Waals surface area contributed by atoms with Gasteiger partial charge in [-0.1, -0.05) is 24.3 Å². The zero-order valence-corrected chi connectivity index (χ0v) is 11.9. The van der Waals surface area contributed by atoms with E-state index in [0.717, 1.165) is 5.69 Å². The van der Waals surface area contributed by atoms with E-state index in [-0.39, 0.29) is 5.69 Å². The van der Waals surface area contributed by atoms with Crippen LogP contribution in [0.25, 0.3) is 0 Å². The Hall–Kier alpha value is -2.89. The van der Waals surface area contributed by atoms with Gasteiger partial charge < -0.3 is 4.90 Å². The van der Waals surface area contributed by atoms with Crippen LogP contribution in [0, 0.1) is 10.1 Å². The molecule has 2 rings (SSSR count). The SMILES string of the molecule is CN(C)c1ccc(/C=N\Nc2ccccc2)cc1[N+](=O)[O-]. The summed E-state index contributed by atoms with van der Waals surface area (Å²) in [4.78, 5) is 12.4. The fraction of sp³-hybridized carbons (Fsp3) is 0.133. The first-order valence-corrected chi connectivity index (χ1v) is 6.38. The quantitative estimate of drug-likeness (QED) is 0.520. The minimum absolute atomic E-state index is 0.0589. The Labute approximate surface area is 122 Å². The highest BCUT2D eigenvalue weighted by molar-refractivity contribution is 5.83. The number of nitrogens with one attached hydrogen (secondary N) is 1. The predicted octanol–water partition coefficient (Wildman–Crippen LogP) is 3.11. The van der Waals surface area contributed by atoms with Crippen molar-refractivity contribution in [2.45, 2.75) is 0 Å². The standard InChI is InChI=1S/C15H16N4O2/c1-18(2)14-9-8-12(10-15(14)19(20)21)11-16-17-13-6-4-3-5-7-13/h3-11,17H,1-2H3/b16-11-. The highest BCUT2D eigenvalue weighted by Gasteiger charge is 2.15. The zero-order valence-electron chi connectivity index (χ0n) is 11.9. The second kappa shape index (κ2) is 6.51. The lowest BCUT2D eigenvalue weighted by Gasteiger charge is -2.12. The van der Waals surface area contributed by atoms with Crippen LogP contribution in [-0.4, -0.2) is 25.2 Å². The van der Waals surface area contributed by atoms with Crippen LogP contribution >= 0.6 is 0 Å². The lowest BCUT2D eigenvalue weighted by atomic mass is 10.2. The molecular weight excluding hydrogens is 268 g/mol. The third kappa shape index (κ3) is 3.79. The van der Waals surface area contributed by atoms with Crippen LogP contribution in [0.3, 0.4) is 0 Å². The molecule has 0 spiro atoms. The highest BCUT2D eigenvalue weighted by atomic mass is 16.6. The van der Waals surface area contributed by atoms with Gasteiger partial charge in [0.25, 0.3) is 5.69 Å². The van der Waals surface area contributed by atoms with Gasteiger partial charge in [-0.15, -0.1) is 0 Å². The Morgan fingerprint density at radius 2 is 1.90 bits per heavy atom. The minimum atomic E-state index is -0.392. The summed E-state index contributed by atoms with van der Waals surface area (Å²) in [7, 11) is 3.54. The number of hydrogen-bond acceptors (Lipinski definition) is 5. The zero-order chi connectivity index (χ0) is 15.2. The van der Waals surface area contributed by atoms with Crippen LogP contribution in [-0.2, 0) is 0 Å². The molecule has 0 aromatic heterocycles. The molecule has 0 heterocycles. The molecule has 0 unspecified atom stereocenters. The first-order chi connectivity index (χ1) is 10.1. The fourth-order valence-electron chi connectivity index (χ4n) is 1.84. The van der Waals surface area contributed by atoms with E-state index in [2.05, 4.69) is 10.5 Å². The van der Waals surface area contributed by atoms with Gasteiger partial charge in [0, 0.05) is 25.7 Å². The second-order valence-corrected chi connectivity index (χ2v) is 4.64. The normalized spacial score (nSPS) is 10.6. The molecule has 0 bridgehead atoms. The van der Waals surface area contributed by atoms with E-state index < -0.39 is 4.92 Å². The average molecular weight is 284 g/mol. The van der Waals surface area contributed by atoms with Crippen molar-refractivity contribution in [1.82, 2.24) is 0 Å². The molecule has 6 nitrogen and oxygen atoms in total. The van der Waals surface area contributed by atoms with Crippen molar-refractivity contribution in [3.05, 3.63) is 64.2 Å². The predicted molar refractivity (Wildman–Crippen MR) is 85.1 cm³/mol. The van der Waals surface area contributed by atoms with Gasteiger partial charge in [-0.3, -0.25) is 15.5 Å². The van der Waals surface area contributed by atoms with Crippen molar-refractivity contribution in [2.24, 2.45) is 5.10 Å². The van der Waals surface area contributed by atoms with Gasteiger partial charge in [0.05, 0.1) is 16.8 Å². The summed E-state index contributed by atoms with van der Waals surface area (Å²) in [6.45, 7) is 0. The van der Waals surface area contributed by atoms with Crippen molar-refractivity contribution in [3.63, 3.8) is 0 Å². The van der Waals surface area contributed by atoms with Crippen molar-refractivity contribution < 1.29 is 4.92 Å². The second-order valence-electron chi connectivity index (χ2n) is 4.64. The Kier molecular flexibility index (Phi) is 4.50. The minimum Gasteiger partial charge on any atom is -0.372 e. The summed E-state index contributed by atoms with van der Waals surface area (Å²) in [6.07, 6.45) is 1.56. The van der Waals surface area contributed by atoms with Crippen LogP contribution in [0.1, 0.15) is 5.56 Å². The number of rotatable bonds is 5. The van der Waals surface area contributed by atoms with E-state index in [9.17, 15) is 10.1 Å². The molecule has 2 aromatic carbocycles. The Morgan fingerprint density at radius 3 is 2.52 bits per heavy atom. The van der Waals surface area contributed by atoms with Gasteiger partial charge >= 0.3 is 0 Å². The van der Waals surface area contributed by atoms with Crippen LogP contribution in [0.4, 0.5) is 17.1 Å². The molecule has 2 aromatic rings. The summed E-state index contributed by atoms with van der Waals surface area (Å²) < 4.78 is 0. The number of hydrazone groups is 1. The van der Waals surface area contributed by atoms with E-state index in [4.69, 9.17) is 0 Å². The number of benzene rings is 2. The van der Waals surface area contributed by atoms with E-state index in [1.807, 2.05) is 30.3 Å². The molecule has 0 aliphatic carbocycles. The van der Waals surface area contributed by atoms with Gasteiger partial charge in [0.15, 0.2) is 0 Å². The van der Waals surface area contributed by atoms with Crippen molar-refractivity contribution in [1.29, 1.82) is 0 Å². The molecule has 21 heavy (non-hydrogen) atoms. The Bertz CT molecular complexity index is 654. The number of nitro benzene ring substituents is 1. The van der Waals surface area contributed by atoms with Gasteiger partial charge in [0.1, 0.15) is 5.69 Å². The third-order valence-electron chi connectivity index (χ3n) is 2.86. The van der Waals surface area contributed by atoms with Gasteiger partial charge in [0.2, 0.25) is 0 Å². The maximum atomic E-state index is 11.1. The van der Waals surface area contributed by atoms with Crippen molar-refractivity contribution in [2.75, 3.05) is 24.4 Å². The summed E-state index contributed by atoms with van der Waals surface area (Å²) in [6, 6.07) is 14.5. The van der Waals surface area contributed by atoms with Crippen LogP contribution in [0.5, 0.6) is 0 Å². The Morgan fingerprint density at radius 1 is 1.19 bits per heavy atom. The molecule has 0 radical (unpaired) electrons. The summed E-state index contributed by atoms with van der Waals surface area (Å²) in [5.41, 5.74) is 5.01. The van der Waals surface area contributed by atoms with Gasteiger partial charge in [-0.25, -0.2) is 0 Å². The smallest absolute Gasteiger partial charge is 0.293 e. The van der Waals surface area contributed by atoms with Crippen LogP contribution in [0.15, 0.2) is 53.6 Å². The van der Waals surface area contributed by atoms with Crippen LogP contribution in [0.2, 0.25) is 0 Å². The average Bonchev–Trinajstić information content (AvgIpc) is 2.48. The number of hydrogen-bond donors (Lipinski definition) is 1. The lowest BCUT2D eigenvalue weighted by Crippen LogP contribution is -2.11. The summed E-state index contributed by atoms with van der Waals surface area (Å²) in [5, 5.41) is 15.2. The maximum absolute atomic E-state index is 11.1. The van der Waals surface area contributed by atoms with Crippen molar-refractivity contribution in [3.8, 4) is 0 Å². The molecule has 0 atom stereocenters. The molecule has 6 heteroatoms. The topological polar surface area (TPSA) is 70.8 Å². The first-order valence-electron chi connectivity index (χ1n) is 6.38. The molecule has 1 N–H and O–H groups in total. The van der Waals surface area contributed by atoms with E-state index in [1.165, 1.54) is 6.07 Å². The molecule has 0 fully saturated rings. The highest BCUT2D eigenvalue weighted by Crippen LogP contribution is 2.27. The number of nitro groups is 1. The molecule has 0 saturated carbocycles. The third-order valence-corrected chi connectivity index (χ3v) is 2.86. The van der Waals surface area contributed by atoms with Gasteiger partial charge in [-0.05, 0) is 18.2 Å². The lowest BCUT2D eigenvalue weighted by molar-refractivity contribution is -0.384. The number of anilines is 2. The molecule has 0 amide bonds. The molecule has 0 aliphatic rings. The largest absolute Gasteiger partial charge is 0.372 e. The van der Waals surface area contributed by atoms with Gasteiger partial charge in [-0.2, -0.15) is 5.10 Å². The Balaban J connectivity index is 2.17. The van der Waals surface area contributed by atoms with E-state index >= 15 is 0 Å². The fourth-order valence-corrected chi connectivity index (χ4v) is 1.84. The molecular formula is C15H16N4O2. The van der Waals surface area contributed by atoms with E-state index in [0.29, 0.717) is 11.3 Å². The summed E-state index contributed by atoms with van der Waals surface area (Å²) >= 11 is 0. The van der Waals surface area contributed by atoms with E-state index in [1.54, 1.807) is 37.3 Å². The maximum Gasteiger partial charge on any atom is 0.293 e. The summed E-state index contributed by atoms with van der Waals surface area (Å²) in [5.74, 6) is 0. The molecule has 108 valence electrons. The number of para-hydroxylation sites is 1. The molecule has 0 aliphatic heterocycles. The van der Waals surface area contributed by atoms with Crippen LogP contribution < -0.4 is 10.3 Å².